The van der Waals surface area contributed by atoms with E-state index in [9.17, 15) is 4.79 Å². The topological polar surface area (TPSA) is 74.4 Å². The molecule has 0 fully saturated rings. The molecule has 0 saturated carbocycles. The number of hydrogen-bond donors (Lipinski definition) is 1. The van der Waals surface area contributed by atoms with Crippen molar-refractivity contribution in [1.29, 1.82) is 0 Å². The first-order valence-corrected chi connectivity index (χ1v) is 4.97. The van der Waals surface area contributed by atoms with Gasteiger partial charge in [-0.1, -0.05) is 0 Å². The number of nitrogens with two attached hydrogens (primary N) is 1. The minimum Gasteiger partial charge on any atom is -0.496 e. The van der Waals surface area contributed by atoms with Crippen molar-refractivity contribution in [1.82, 2.24) is 4.98 Å². The van der Waals surface area contributed by atoms with Crippen molar-refractivity contribution in [3.63, 3.8) is 0 Å². The summed E-state index contributed by atoms with van der Waals surface area (Å²) < 4.78 is 10.00. The first-order valence-electron chi connectivity index (χ1n) is 4.97. The number of carbonyl (C=O) groups excluding carboxylic acids is 1. The molecule has 2 heterocycles. The summed E-state index contributed by atoms with van der Waals surface area (Å²) in [6.45, 7) is 2.45. The summed E-state index contributed by atoms with van der Waals surface area (Å²) in [5.74, 6) is -0.270. The Morgan fingerprint density at radius 2 is 2.50 bits per heavy atom. The second-order valence-corrected chi connectivity index (χ2v) is 3.30. The Morgan fingerprint density at radius 3 is 3.25 bits per heavy atom. The third-order valence-corrected chi connectivity index (χ3v) is 2.22. The van der Waals surface area contributed by atoms with Gasteiger partial charge in [-0.25, -0.2) is 9.78 Å². The molecule has 1 aliphatic heterocycles. The summed E-state index contributed by atoms with van der Waals surface area (Å²) in [7, 11) is 0. The van der Waals surface area contributed by atoms with Crippen LogP contribution in [0.5, 0.6) is 0 Å². The number of rotatable bonds is 2. The normalized spacial score (nSPS) is 12.8. The minimum absolute atomic E-state index is 0.184. The lowest BCUT2D eigenvalue weighted by atomic mass is 10.1. The molecule has 5 nitrogen and oxygen atoms in total. The Labute approximate surface area is 92.9 Å². The summed E-state index contributed by atoms with van der Waals surface area (Å²) >= 11 is 0. The van der Waals surface area contributed by atoms with Crippen LogP contribution in [-0.2, 0) is 16.1 Å². The molecular weight excluding hydrogens is 208 g/mol. The summed E-state index contributed by atoms with van der Waals surface area (Å²) in [5, 5.41) is 0. The fourth-order valence-corrected chi connectivity index (χ4v) is 1.47. The second-order valence-electron chi connectivity index (χ2n) is 3.30. The molecule has 1 aromatic rings. The molecule has 0 aromatic carbocycles. The number of fused-ring (bicyclic) bond motifs is 1. The standard InChI is InChI=1S/C11H12N2O3/c1-2-16-11(14)8-5-7-6-15-4-3-9(7)13-10(8)12/h3-5H,2,6H2,1H3,(H2,12,13). The van der Waals surface area contributed by atoms with Gasteiger partial charge < -0.3 is 15.2 Å². The fourth-order valence-electron chi connectivity index (χ4n) is 1.47. The Morgan fingerprint density at radius 1 is 1.69 bits per heavy atom. The highest BCUT2D eigenvalue weighted by molar-refractivity contribution is 5.94. The Kier molecular flexibility index (Phi) is 2.76. The largest absolute Gasteiger partial charge is 0.496 e. The Bertz CT molecular complexity index is 455. The molecule has 0 radical (unpaired) electrons. The molecule has 0 amide bonds. The van der Waals surface area contributed by atoms with Crippen LogP contribution in [0.2, 0.25) is 0 Å². The summed E-state index contributed by atoms with van der Waals surface area (Å²) in [5.41, 5.74) is 7.55. The molecule has 84 valence electrons. The molecule has 0 spiro atoms. The molecule has 2 rings (SSSR count). The maximum Gasteiger partial charge on any atom is 0.341 e. The maximum absolute atomic E-state index is 11.6. The third-order valence-electron chi connectivity index (χ3n) is 2.22. The van der Waals surface area contributed by atoms with Crippen LogP contribution >= 0.6 is 0 Å². The maximum atomic E-state index is 11.6. The van der Waals surface area contributed by atoms with Crippen LogP contribution in [0.1, 0.15) is 28.5 Å². The van der Waals surface area contributed by atoms with Gasteiger partial charge in [0, 0.05) is 5.56 Å². The van der Waals surface area contributed by atoms with Gasteiger partial charge >= 0.3 is 5.97 Å². The van der Waals surface area contributed by atoms with E-state index in [1.165, 1.54) is 0 Å². The van der Waals surface area contributed by atoms with Gasteiger partial charge in [0.1, 0.15) is 18.0 Å². The van der Waals surface area contributed by atoms with Crippen molar-refractivity contribution in [2.45, 2.75) is 13.5 Å². The quantitative estimate of drug-likeness (QED) is 0.761. The van der Waals surface area contributed by atoms with E-state index >= 15 is 0 Å². The van der Waals surface area contributed by atoms with Crippen molar-refractivity contribution >= 4 is 17.9 Å². The Balaban J connectivity index is 2.40. The molecule has 1 aromatic heterocycles. The number of pyridine rings is 1. The molecular formula is C11H12N2O3. The molecule has 1 aliphatic rings. The van der Waals surface area contributed by atoms with Crippen LogP contribution in [0.4, 0.5) is 5.82 Å². The van der Waals surface area contributed by atoms with E-state index in [4.69, 9.17) is 15.2 Å². The van der Waals surface area contributed by atoms with E-state index in [2.05, 4.69) is 4.98 Å². The number of anilines is 1. The van der Waals surface area contributed by atoms with Crippen LogP contribution < -0.4 is 5.73 Å². The van der Waals surface area contributed by atoms with Crippen molar-refractivity contribution < 1.29 is 14.3 Å². The predicted octanol–water partition coefficient (Wildman–Crippen LogP) is 1.34. The van der Waals surface area contributed by atoms with E-state index in [1.807, 2.05) is 0 Å². The van der Waals surface area contributed by atoms with Crippen molar-refractivity contribution in [3.05, 3.63) is 29.1 Å². The minimum atomic E-state index is -0.454. The van der Waals surface area contributed by atoms with Gasteiger partial charge in [0.25, 0.3) is 0 Å². The van der Waals surface area contributed by atoms with Gasteiger partial charge in [0.05, 0.1) is 18.6 Å². The predicted molar refractivity (Wildman–Crippen MR) is 58.4 cm³/mol. The van der Waals surface area contributed by atoms with Crippen LogP contribution in [0, 0.1) is 0 Å². The van der Waals surface area contributed by atoms with Crippen LogP contribution in [0.25, 0.3) is 6.08 Å². The third kappa shape index (κ3) is 1.84. The van der Waals surface area contributed by atoms with Crippen molar-refractivity contribution in [3.8, 4) is 0 Å². The van der Waals surface area contributed by atoms with Crippen molar-refractivity contribution in [2.24, 2.45) is 0 Å². The smallest absolute Gasteiger partial charge is 0.341 e. The Hall–Kier alpha value is -2.04. The lowest BCUT2D eigenvalue weighted by molar-refractivity contribution is 0.0527. The lowest BCUT2D eigenvalue weighted by Gasteiger charge is -2.13. The molecule has 5 heteroatoms. The summed E-state index contributed by atoms with van der Waals surface area (Å²) in [4.78, 5) is 15.7. The lowest BCUT2D eigenvalue weighted by Crippen LogP contribution is -2.12. The molecule has 0 aliphatic carbocycles. The number of aromatic nitrogens is 1. The summed E-state index contributed by atoms with van der Waals surface area (Å²) in [6.07, 6.45) is 3.27. The molecule has 0 atom stereocenters. The first kappa shape index (κ1) is 10.5. The SMILES string of the molecule is CCOC(=O)c1cc2c(nc1N)C=COC2. The van der Waals surface area contributed by atoms with Gasteiger partial charge in [-0.2, -0.15) is 0 Å². The zero-order chi connectivity index (χ0) is 11.5. The number of esters is 1. The van der Waals surface area contributed by atoms with Crippen LogP contribution in [-0.4, -0.2) is 17.6 Å². The van der Waals surface area contributed by atoms with Gasteiger partial charge in [-0.3, -0.25) is 0 Å². The fraction of sp³-hybridized carbons (Fsp3) is 0.273. The monoisotopic (exact) mass is 220 g/mol. The number of nitrogens with zero attached hydrogens (tertiary/aromatic N) is 1. The summed E-state index contributed by atoms with van der Waals surface area (Å²) in [6, 6.07) is 1.67. The number of nitrogen functional groups attached to an aromatic ring is 1. The van der Waals surface area contributed by atoms with Gasteiger partial charge in [-0.15, -0.1) is 0 Å². The van der Waals surface area contributed by atoms with E-state index < -0.39 is 5.97 Å². The number of carbonyl (C=O) groups is 1. The average Bonchev–Trinajstić information content (AvgIpc) is 2.28. The van der Waals surface area contributed by atoms with E-state index in [-0.39, 0.29) is 5.82 Å². The van der Waals surface area contributed by atoms with E-state index in [0.717, 1.165) is 11.3 Å². The van der Waals surface area contributed by atoms with E-state index in [0.29, 0.717) is 18.8 Å². The number of hydrogen-bond acceptors (Lipinski definition) is 5. The highest BCUT2D eigenvalue weighted by atomic mass is 16.5. The van der Waals surface area contributed by atoms with Crippen molar-refractivity contribution in [2.75, 3.05) is 12.3 Å². The molecule has 0 bridgehead atoms. The average molecular weight is 220 g/mol. The van der Waals surface area contributed by atoms with Crippen LogP contribution in [0.3, 0.4) is 0 Å². The van der Waals surface area contributed by atoms with Gasteiger partial charge in [-0.05, 0) is 19.1 Å². The van der Waals surface area contributed by atoms with E-state index in [1.54, 1.807) is 25.3 Å². The highest BCUT2D eigenvalue weighted by Gasteiger charge is 2.16. The zero-order valence-electron chi connectivity index (χ0n) is 8.90. The van der Waals surface area contributed by atoms with Gasteiger partial charge in [0.2, 0.25) is 0 Å². The molecule has 16 heavy (non-hydrogen) atoms. The molecule has 0 unspecified atom stereocenters. The zero-order valence-corrected chi connectivity index (χ0v) is 8.90. The highest BCUT2D eigenvalue weighted by Crippen LogP contribution is 2.21. The second kappa shape index (κ2) is 4.22. The van der Waals surface area contributed by atoms with Gasteiger partial charge in [0.15, 0.2) is 0 Å². The first-order chi connectivity index (χ1) is 7.72. The molecule has 2 N–H and O–H groups in total. The molecule has 0 saturated heterocycles. The number of ether oxygens (including phenoxy) is 2. The van der Waals surface area contributed by atoms with Crippen LogP contribution in [0.15, 0.2) is 12.3 Å².